The fraction of sp³-hybridized carbons (Fsp3) is 0.273. The number of allylic oxidation sites excluding steroid dienone is 2. The number of morpholine rings is 1. The second-order valence-corrected chi connectivity index (χ2v) is 8.36. The van der Waals surface area contributed by atoms with Crippen LogP contribution in [0.25, 0.3) is 6.08 Å². The van der Waals surface area contributed by atoms with E-state index in [0.29, 0.717) is 18.1 Å². The van der Waals surface area contributed by atoms with Crippen LogP contribution >= 0.6 is 11.8 Å². The van der Waals surface area contributed by atoms with Gasteiger partial charge in [0.15, 0.2) is 0 Å². The van der Waals surface area contributed by atoms with E-state index in [1.165, 1.54) is 29.5 Å². The third-order valence-electron chi connectivity index (χ3n) is 5.24. The molecule has 2 aromatic carbocycles. The number of benzene rings is 2. The third-order valence-corrected chi connectivity index (χ3v) is 6.45. The van der Waals surface area contributed by atoms with Crippen LogP contribution in [0, 0.1) is 20.2 Å². The van der Waals surface area contributed by atoms with E-state index in [1.807, 2.05) is 18.2 Å². The van der Waals surface area contributed by atoms with Gasteiger partial charge in [-0.2, -0.15) is 0 Å². The Hall–Kier alpha value is -3.17. The highest BCUT2D eigenvalue weighted by Crippen LogP contribution is 2.46. The molecule has 0 unspecified atom stereocenters. The predicted octanol–water partition coefficient (Wildman–Crippen LogP) is 5.02. The Bertz CT molecular complexity index is 1060. The number of non-ortho nitro benzene ring substituents is 1. The summed E-state index contributed by atoms with van der Waals surface area (Å²) in [7, 11) is 0. The maximum atomic E-state index is 11.6. The summed E-state index contributed by atoms with van der Waals surface area (Å²) in [6.45, 7) is 2.79. The molecule has 0 aromatic heterocycles. The smallest absolute Gasteiger partial charge is 0.290 e. The Balaban J connectivity index is 1.73. The van der Waals surface area contributed by atoms with Gasteiger partial charge in [-0.25, -0.2) is 0 Å². The van der Waals surface area contributed by atoms with E-state index >= 15 is 0 Å². The minimum atomic E-state index is -0.615. The molecule has 0 saturated carbocycles. The molecule has 0 radical (unpaired) electrons. The molecule has 1 heterocycles. The standard InChI is InChI=1S/C22H21N3O5S/c26-24(27)18-7-9-20(19(15-18)25(28)29)31-21-8-6-17(14-16-4-2-1-3-5-16)22(21)23-10-12-30-13-11-23/h1-5,7,9,14-15H,6,8,10-13H2/b17-14+. The first-order valence-electron chi connectivity index (χ1n) is 9.95. The van der Waals surface area contributed by atoms with E-state index in [0.717, 1.165) is 48.2 Å². The van der Waals surface area contributed by atoms with Crippen molar-refractivity contribution in [3.8, 4) is 0 Å². The molecule has 2 aliphatic rings. The van der Waals surface area contributed by atoms with E-state index in [1.54, 1.807) is 0 Å². The lowest BCUT2D eigenvalue weighted by Gasteiger charge is -2.31. The fourth-order valence-corrected chi connectivity index (χ4v) is 5.00. The van der Waals surface area contributed by atoms with Crippen molar-refractivity contribution in [3.63, 3.8) is 0 Å². The second-order valence-electron chi connectivity index (χ2n) is 7.22. The average molecular weight is 439 g/mol. The zero-order valence-electron chi connectivity index (χ0n) is 16.7. The van der Waals surface area contributed by atoms with Gasteiger partial charge in [-0.05, 0) is 36.1 Å². The Labute approximate surface area is 183 Å². The van der Waals surface area contributed by atoms with E-state index in [-0.39, 0.29) is 11.4 Å². The molecule has 0 atom stereocenters. The summed E-state index contributed by atoms with van der Waals surface area (Å²) in [5, 5.41) is 22.6. The molecule has 2 aromatic rings. The molecule has 0 amide bonds. The first kappa shape index (κ1) is 21.1. The first-order chi connectivity index (χ1) is 15.0. The molecule has 8 nitrogen and oxygen atoms in total. The molecule has 0 spiro atoms. The van der Waals surface area contributed by atoms with Crippen LogP contribution < -0.4 is 0 Å². The van der Waals surface area contributed by atoms with Crippen LogP contribution in [-0.4, -0.2) is 41.0 Å². The largest absolute Gasteiger partial charge is 0.378 e. The Morgan fingerprint density at radius 1 is 0.968 bits per heavy atom. The van der Waals surface area contributed by atoms with Gasteiger partial charge < -0.3 is 9.64 Å². The van der Waals surface area contributed by atoms with Crippen LogP contribution in [0.2, 0.25) is 0 Å². The molecule has 1 saturated heterocycles. The topological polar surface area (TPSA) is 98.8 Å². The lowest BCUT2D eigenvalue weighted by Crippen LogP contribution is -2.35. The van der Waals surface area contributed by atoms with Crippen molar-refractivity contribution in [3.05, 3.63) is 90.5 Å². The van der Waals surface area contributed by atoms with Crippen molar-refractivity contribution in [2.75, 3.05) is 26.3 Å². The molecule has 4 rings (SSSR count). The number of thioether (sulfide) groups is 1. The van der Waals surface area contributed by atoms with Gasteiger partial charge in [-0.3, -0.25) is 20.2 Å². The number of rotatable bonds is 6. The molecule has 160 valence electrons. The van der Waals surface area contributed by atoms with E-state index in [9.17, 15) is 20.2 Å². The van der Waals surface area contributed by atoms with Crippen LogP contribution in [-0.2, 0) is 4.74 Å². The summed E-state index contributed by atoms with van der Waals surface area (Å²) < 4.78 is 5.51. The maximum Gasteiger partial charge on any atom is 0.290 e. The van der Waals surface area contributed by atoms with E-state index < -0.39 is 9.85 Å². The van der Waals surface area contributed by atoms with Crippen molar-refractivity contribution in [2.24, 2.45) is 0 Å². The monoisotopic (exact) mass is 439 g/mol. The molecule has 0 bridgehead atoms. The summed E-state index contributed by atoms with van der Waals surface area (Å²) >= 11 is 1.33. The zero-order chi connectivity index (χ0) is 21.8. The number of nitro groups is 2. The molecule has 0 N–H and O–H groups in total. The molecule has 9 heteroatoms. The Morgan fingerprint density at radius 2 is 1.71 bits per heavy atom. The van der Waals surface area contributed by atoms with Gasteiger partial charge in [-0.15, -0.1) is 0 Å². The van der Waals surface area contributed by atoms with Crippen molar-refractivity contribution in [1.82, 2.24) is 4.90 Å². The highest BCUT2D eigenvalue weighted by Gasteiger charge is 2.29. The first-order valence-corrected chi connectivity index (χ1v) is 10.8. The van der Waals surface area contributed by atoms with Gasteiger partial charge in [0.2, 0.25) is 0 Å². The number of ether oxygens (including phenoxy) is 1. The highest BCUT2D eigenvalue weighted by atomic mass is 32.2. The minimum Gasteiger partial charge on any atom is -0.378 e. The van der Waals surface area contributed by atoms with Gasteiger partial charge >= 0.3 is 0 Å². The molecule has 31 heavy (non-hydrogen) atoms. The van der Waals surface area contributed by atoms with Gasteiger partial charge in [0.05, 0.1) is 39.7 Å². The molecular weight excluding hydrogens is 418 g/mol. The van der Waals surface area contributed by atoms with Gasteiger partial charge in [-0.1, -0.05) is 42.1 Å². The number of hydrogen-bond acceptors (Lipinski definition) is 7. The Morgan fingerprint density at radius 3 is 2.39 bits per heavy atom. The summed E-state index contributed by atoms with van der Waals surface area (Å²) in [4.78, 5) is 25.2. The Kier molecular flexibility index (Phi) is 6.34. The minimum absolute atomic E-state index is 0.242. The lowest BCUT2D eigenvalue weighted by atomic mass is 10.1. The average Bonchev–Trinajstić information content (AvgIpc) is 3.17. The van der Waals surface area contributed by atoms with Crippen LogP contribution in [0.1, 0.15) is 18.4 Å². The fourth-order valence-electron chi connectivity index (χ4n) is 3.80. The van der Waals surface area contributed by atoms with Crippen molar-refractivity contribution in [2.45, 2.75) is 17.7 Å². The quantitative estimate of drug-likeness (QED) is 0.460. The molecular formula is C22H21N3O5S. The summed E-state index contributed by atoms with van der Waals surface area (Å²) in [5.41, 5.74) is 2.88. The maximum absolute atomic E-state index is 11.6. The summed E-state index contributed by atoms with van der Waals surface area (Å²) in [5.74, 6) is 0. The van der Waals surface area contributed by atoms with E-state index in [2.05, 4.69) is 23.1 Å². The van der Waals surface area contributed by atoms with Gasteiger partial charge in [0.1, 0.15) is 0 Å². The van der Waals surface area contributed by atoms with Crippen LogP contribution in [0.15, 0.2) is 69.6 Å². The summed E-state index contributed by atoms with van der Waals surface area (Å²) in [6.07, 6.45) is 3.78. The van der Waals surface area contributed by atoms with Crippen LogP contribution in [0.3, 0.4) is 0 Å². The normalized spacial score (nSPS) is 17.9. The zero-order valence-corrected chi connectivity index (χ0v) is 17.5. The van der Waals surface area contributed by atoms with Crippen molar-refractivity contribution >= 4 is 29.2 Å². The highest BCUT2D eigenvalue weighted by molar-refractivity contribution is 8.03. The molecule has 1 aliphatic heterocycles. The lowest BCUT2D eigenvalue weighted by molar-refractivity contribution is -0.396. The molecule has 1 aliphatic carbocycles. The van der Waals surface area contributed by atoms with E-state index in [4.69, 9.17) is 4.74 Å². The van der Waals surface area contributed by atoms with Crippen molar-refractivity contribution in [1.29, 1.82) is 0 Å². The SMILES string of the molecule is O=[N+]([O-])c1ccc(SC2=C(N3CCOCC3)/C(=C/c3ccccc3)CC2)c([N+](=O)[O-])c1. The second kappa shape index (κ2) is 9.32. The van der Waals surface area contributed by atoms with Gasteiger partial charge in [0, 0.05) is 24.1 Å². The van der Waals surface area contributed by atoms with Gasteiger partial charge in [0.25, 0.3) is 11.4 Å². The number of nitro benzene ring substituents is 2. The number of nitrogens with zero attached hydrogens (tertiary/aromatic N) is 3. The van der Waals surface area contributed by atoms with Crippen LogP contribution in [0.5, 0.6) is 0 Å². The third kappa shape index (κ3) is 4.78. The molecule has 1 fully saturated rings. The van der Waals surface area contributed by atoms with Crippen LogP contribution in [0.4, 0.5) is 11.4 Å². The predicted molar refractivity (Wildman–Crippen MR) is 119 cm³/mol. The summed E-state index contributed by atoms with van der Waals surface area (Å²) in [6, 6.07) is 13.9. The number of hydrogen-bond donors (Lipinski definition) is 0. The van der Waals surface area contributed by atoms with Crippen molar-refractivity contribution < 1.29 is 14.6 Å².